The smallest absolute Gasteiger partial charge is 0.148 e. The number of hydrogen-bond acceptors (Lipinski definition) is 4. The number of nitrogens with zero attached hydrogens (tertiary/aromatic N) is 3. The molecule has 0 saturated heterocycles. The summed E-state index contributed by atoms with van der Waals surface area (Å²) in [5, 5.41) is 7.92. The van der Waals surface area contributed by atoms with Gasteiger partial charge >= 0.3 is 0 Å². The molecule has 19 heavy (non-hydrogen) atoms. The van der Waals surface area contributed by atoms with Gasteiger partial charge in [0.05, 0.1) is 17.4 Å². The van der Waals surface area contributed by atoms with Gasteiger partial charge in [0.1, 0.15) is 5.82 Å². The Kier molecular flexibility index (Phi) is 3.74. The van der Waals surface area contributed by atoms with Crippen LogP contribution in [0.3, 0.4) is 0 Å². The second-order valence-electron chi connectivity index (χ2n) is 5.03. The third kappa shape index (κ3) is 2.70. The summed E-state index contributed by atoms with van der Waals surface area (Å²) >= 11 is 0. The monoisotopic (exact) mass is 259 g/mol. The Morgan fingerprint density at radius 2 is 1.84 bits per heavy atom. The van der Waals surface area contributed by atoms with Crippen LogP contribution >= 0.6 is 0 Å². The molecular formula is C14H21N5. The molecule has 0 amide bonds. The van der Waals surface area contributed by atoms with E-state index in [9.17, 15) is 0 Å². The Balaban J connectivity index is 2.28. The fourth-order valence-corrected chi connectivity index (χ4v) is 2.02. The van der Waals surface area contributed by atoms with Gasteiger partial charge in [-0.15, -0.1) is 0 Å². The van der Waals surface area contributed by atoms with E-state index in [1.54, 1.807) is 12.4 Å². The number of aromatic nitrogens is 3. The summed E-state index contributed by atoms with van der Waals surface area (Å²) < 4.78 is 1.93. The van der Waals surface area contributed by atoms with Crippen molar-refractivity contribution in [2.24, 2.45) is 0 Å². The van der Waals surface area contributed by atoms with Gasteiger partial charge < -0.3 is 11.1 Å². The van der Waals surface area contributed by atoms with Crippen molar-refractivity contribution in [1.29, 1.82) is 0 Å². The van der Waals surface area contributed by atoms with Crippen molar-refractivity contribution in [2.45, 2.75) is 39.8 Å². The van der Waals surface area contributed by atoms with Gasteiger partial charge in [0.15, 0.2) is 0 Å². The van der Waals surface area contributed by atoms with E-state index in [0.717, 1.165) is 17.2 Å². The first-order valence-electron chi connectivity index (χ1n) is 6.51. The largest absolute Gasteiger partial charge is 0.394 e. The molecule has 0 radical (unpaired) electrons. The number of nitrogens with one attached hydrogen (secondary N) is 1. The first-order chi connectivity index (χ1) is 9.00. The van der Waals surface area contributed by atoms with Crippen LogP contribution in [0.25, 0.3) is 0 Å². The maximum absolute atomic E-state index is 6.11. The van der Waals surface area contributed by atoms with Crippen LogP contribution in [0.4, 0.5) is 11.5 Å². The third-order valence-electron chi connectivity index (χ3n) is 3.18. The zero-order chi connectivity index (χ0) is 14.0. The Morgan fingerprint density at radius 1 is 1.21 bits per heavy atom. The van der Waals surface area contributed by atoms with Gasteiger partial charge in [0, 0.05) is 18.4 Å². The molecule has 2 aromatic heterocycles. The van der Waals surface area contributed by atoms with E-state index in [1.165, 1.54) is 5.56 Å². The molecule has 3 N–H and O–H groups in total. The molecule has 2 heterocycles. The summed E-state index contributed by atoms with van der Waals surface area (Å²) in [4.78, 5) is 4.03. The first kappa shape index (κ1) is 13.4. The average molecular weight is 259 g/mol. The average Bonchev–Trinajstić information content (AvgIpc) is 2.68. The fourth-order valence-electron chi connectivity index (χ4n) is 2.02. The minimum absolute atomic E-state index is 0.152. The lowest BCUT2D eigenvalue weighted by atomic mass is 10.1. The van der Waals surface area contributed by atoms with E-state index in [-0.39, 0.29) is 12.1 Å². The van der Waals surface area contributed by atoms with Gasteiger partial charge in [-0.3, -0.25) is 4.98 Å². The van der Waals surface area contributed by atoms with Gasteiger partial charge in [-0.25, -0.2) is 4.68 Å². The summed E-state index contributed by atoms with van der Waals surface area (Å²) in [6, 6.07) is 4.41. The van der Waals surface area contributed by atoms with Crippen LogP contribution in [0.1, 0.15) is 44.1 Å². The SMILES string of the molecule is Cc1nn(C(C)C)c(NC(C)c2ccncc2)c1N. The van der Waals surface area contributed by atoms with Crippen molar-refractivity contribution < 1.29 is 0 Å². The molecule has 102 valence electrons. The molecular weight excluding hydrogens is 238 g/mol. The minimum Gasteiger partial charge on any atom is -0.394 e. The molecule has 0 saturated carbocycles. The number of pyridine rings is 1. The molecule has 0 aromatic carbocycles. The number of aryl methyl sites for hydroxylation is 1. The number of nitrogen functional groups attached to an aromatic ring is 1. The zero-order valence-electron chi connectivity index (χ0n) is 11.9. The molecule has 1 unspecified atom stereocenters. The van der Waals surface area contributed by atoms with Gasteiger partial charge in [0.25, 0.3) is 0 Å². The highest BCUT2D eigenvalue weighted by molar-refractivity contribution is 5.65. The van der Waals surface area contributed by atoms with Gasteiger partial charge in [-0.05, 0) is 45.4 Å². The zero-order valence-corrected chi connectivity index (χ0v) is 11.9. The minimum atomic E-state index is 0.152. The summed E-state index contributed by atoms with van der Waals surface area (Å²) in [5.74, 6) is 0.886. The lowest BCUT2D eigenvalue weighted by Crippen LogP contribution is -2.14. The van der Waals surface area contributed by atoms with Crippen molar-refractivity contribution in [3.05, 3.63) is 35.8 Å². The molecule has 1 atom stereocenters. The topological polar surface area (TPSA) is 68.8 Å². The van der Waals surface area contributed by atoms with Gasteiger partial charge in [-0.1, -0.05) is 0 Å². The van der Waals surface area contributed by atoms with Crippen molar-refractivity contribution in [1.82, 2.24) is 14.8 Å². The van der Waals surface area contributed by atoms with Crippen LogP contribution in [0.2, 0.25) is 0 Å². The molecule has 0 aliphatic heterocycles. The van der Waals surface area contributed by atoms with E-state index < -0.39 is 0 Å². The van der Waals surface area contributed by atoms with Crippen molar-refractivity contribution in [3.63, 3.8) is 0 Å². The van der Waals surface area contributed by atoms with Crippen LogP contribution < -0.4 is 11.1 Å². The molecule has 0 fully saturated rings. The maximum atomic E-state index is 6.11. The third-order valence-corrected chi connectivity index (χ3v) is 3.18. The highest BCUT2D eigenvalue weighted by Gasteiger charge is 2.17. The normalized spacial score (nSPS) is 12.7. The highest BCUT2D eigenvalue weighted by Crippen LogP contribution is 2.28. The molecule has 0 bridgehead atoms. The van der Waals surface area contributed by atoms with Gasteiger partial charge in [0.2, 0.25) is 0 Å². The van der Waals surface area contributed by atoms with Crippen LogP contribution in [0, 0.1) is 6.92 Å². The second kappa shape index (κ2) is 5.30. The molecule has 5 nitrogen and oxygen atoms in total. The number of anilines is 2. The van der Waals surface area contributed by atoms with Crippen molar-refractivity contribution >= 4 is 11.5 Å². The lowest BCUT2D eigenvalue weighted by molar-refractivity contribution is 0.532. The molecule has 2 rings (SSSR count). The Hall–Kier alpha value is -2.04. The van der Waals surface area contributed by atoms with E-state index in [1.807, 2.05) is 23.7 Å². The Labute approximate surface area is 113 Å². The van der Waals surface area contributed by atoms with Crippen LogP contribution in [0.15, 0.2) is 24.5 Å². The lowest BCUT2D eigenvalue weighted by Gasteiger charge is -2.18. The van der Waals surface area contributed by atoms with E-state index in [2.05, 4.69) is 36.2 Å². The molecule has 0 spiro atoms. The number of nitrogens with two attached hydrogens (primary N) is 1. The summed E-state index contributed by atoms with van der Waals surface area (Å²) in [6.45, 7) is 8.21. The van der Waals surface area contributed by atoms with Crippen LogP contribution in [0.5, 0.6) is 0 Å². The van der Waals surface area contributed by atoms with Crippen molar-refractivity contribution in [2.75, 3.05) is 11.1 Å². The second-order valence-corrected chi connectivity index (χ2v) is 5.03. The molecule has 0 aliphatic carbocycles. The van der Waals surface area contributed by atoms with Crippen molar-refractivity contribution in [3.8, 4) is 0 Å². The van der Waals surface area contributed by atoms with Crippen LogP contribution in [-0.2, 0) is 0 Å². The predicted octanol–water partition coefficient (Wildman–Crippen LogP) is 2.92. The molecule has 0 aliphatic rings. The van der Waals surface area contributed by atoms with E-state index >= 15 is 0 Å². The molecule has 5 heteroatoms. The quantitative estimate of drug-likeness (QED) is 0.885. The first-order valence-corrected chi connectivity index (χ1v) is 6.51. The Morgan fingerprint density at radius 3 is 2.42 bits per heavy atom. The van der Waals surface area contributed by atoms with Gasteiger partial charge in [-0.2, -0.15) is 5.10 Å². The number of hydrogen-bond donors (Lipinski definition) is 2. The summed E-state index contributed by atoms with van der Waals surface area (Å²) in [6.07, 6.45) is 3.59. The summed E-state index contributed by atoms with van der Waals surface area (Å²) in [7, 11) is 0. The summed E-state index contributed by atoms with van der Waals surface area (Å²) in [5.41, 5.74) is 8.86. The highest BCUT2D eigenvalue weighted by atomic mass is 15.4. The number of rotatable bonds is 4. The fraction of sp³-hybridized carbons (Fsp3) is 0.429. The van der Waals surface area contributed by atoms with E-state index in [4.69, 9.17) is 5.73 Å². The molecule has 2 aromatic rings. The maximum Gasteiger partial charge on any atom is 0.148 e. The Bertz CT molecular complexity index is 544. The van der Waals surface area contributed by atoms with Crippen LogP contribution in [-0.4, -0.2) is 14.8 Å². The van der Waals surface area contributed by atoms with E-state index in [0.29, 0.717) is 0 Å². The predicted molar refractivity (Wildman–Crippen MR) is 78.0 cm³/mol. The standard InChI is InChI=1S/C14H21N5/c1-9(2)19-14(13(15)11(4)18-19)17-10(3)12-5-7-16-8-6-12/h5-10,17H,15H2,1-4H3.